The van der Waals surface area contributed by atoms with Crippen molar-refractivity contribution < 1.29 is 0 Å². The van der Waals surface area contributed by atoms with Crippen molar-refractivity contribution in [1.29, 1.82) is 0 Å². The minimum absolute atomic E-state index is 0.326. The summed E-state index contributed by atoms with van der Waals surface area (Å²) in [5.74, 6) is 0. The highest BCUT2D eigenvalue weighted by atomic mass is 14.8. The summed E-state index contributed by atoms with van der Waals surface area (Å²) < 4.78 is 0. The van der Waals surface area contributed by atoms with E-state index >= 15 is 0 Å². The molecule has 0 aromatic heterocycles. The Morgan fingerprint density at radius 1 is 1.08 bits per heavy atom. The number of hydrogen-bond acceptors (Lipinski definition) is 1. The van der Waals surface area contributed by atoms with E-state index in [1.807, 2.05) is 19.2 Å². The van der Waals surface area contributed by atoms with E-state index in [0.717, 1.165) is 6.54 Å². The zero-order chi connectivity index (χ0) is 9.83. The van der Waals surface area contributed by atoms with Crippen LogP contribution in [-0.2, 0) is 0 Å². The monoisotopic (exact) mass is 169 g/mol. The molecule has 0 rings (SSSR count). The fourth-order valence-electron chi connectivity index (χ4n) is 0.697. The first-order chi connectivity index (χ1) is 5.31. The molecule has 0 saturated carbocycles. The van der Waals surface area contributed by atoms with Gasteiger partial charge in [-0.15, -0.1) is 0 Å². The van der Waals surface area contributed by atoms with Crippen LogP contribution in [0.5, 0.6) is 0 Å². The van der Waals surface area contributed by atoms with Crippen LogP contribution in [0.15, 0.2) is 12.3 Å². The Hall–Kier alpha value is -0.460. The van der Waals surface area contributed by atoms with Crippen LogP contribution in [0.3, 0.4) is 0 Å². The highest BCUT2D eigenvalue weighted by Crippen LogP contribution is 2.36. The van der Waals surface area contributed by atoms with Gasteiger partial charge in [-0.25, -0.2) is 0 Å². The van der Waals surface area contributed by atoms with Gasteiger partial charge in [-0.2, -0.15) is 0 Å². The van der Waals surface area contributed by atoms with E-state index in [0.29, 0.717) is 10.8 Å². The Balaban J connectivity index is 4.05. The minimum Gasteiger partial charge on any atom is -0.391 e. The van der Waals surface area contributed by atoms with E-state index in [2.05, 4.69) is 39.9 Å². The van der Waals surface area contributed by atoms with Crippen molar-refractivity contribution in [2.24, 2.45) is 10.8 Å². The summed E-state index contributed by atoms with van der Waals surface area (Å²) in [6.45, 7) is 14.5. The van der Waals surface area contributed by atoms with Crippen molar-refractivity contribution in [3.63, 3.8) is 0 Å². The molecule has 0 fully saturated rings. The number of hydrogen-bond donors (Lipinski definition) is 1. The molecule has 0 aromatic rings. The molecule has 0 aliphatic rings. The third kappa shape index (κ3) is 3.29. The molecule has 0 saturated heterocycles. The van der Waals surface area contributed by atoms with Gasteiger partial charge in [0.15, 0.2) is 0 Å². The molecule has 1 nitrogen and oxygen atoms in total. The van der Waals surface area contributed by atoms with Gasteiger partial charge in [0.1, 0.15) is 0 Å². The van der Waals surface area contributed by atoms with Crippen LogP contribution in [0.1, 0.15) is 41.5 Å². The highest BCUT2D eigenvalue weighted by Gasteiger charge is 2.31. The molecule has 1 N–H and O–H groups in total. The van der Waals surface area contributed by atoms with Gasteiger partial charge in [-0.05, 0) is 24.0 Å². The van der Waals surface area contributed by atoms with Crippen LogP contribution in [0.25, 0.3) is 0 Å². The summed E-state index contributed by atoms with van der Waals surface area (Å²) in [6.07, 6.45) is 4.03. The molecule has 0 radical (unpaired) electrons. The molecule has 0 bridgehead atoms. The average Bonchev–Trinajstić information content (AvgIpc) is 1.85. The van der Waals surface area contributed by atoms with Gasteiger partial charge in [-0.3, -0.25) is 0 Å². The Morgan fingerprint density at radius 3 is 1.92 bits per heavy atom. The summed E-state index contributed by atoms with van der Waals surface area (Å²) in [4.78, 5) is 0. The average molecular weight is 169 g/mol. The van der Waals surface area contributed by atoms with Crippen molar-refractivity contribution in [2.75, 3.05) is 6.54 Å². The predicted octanol–water partition coefficient (Wildman–Crippen LogP) is 3.18. The maximum atomic E-state index is 3.30. The van der Waals surface area contributed by atoms with Gasteiger partial charge < -0.3 is 5.32 Å². The second kappa shape index (κ2) is 3.97. The van der Waals surface area contributed by atoms with E-state index in [1.54, 1.807) is 0 Å². The summed E-state index contributed by atoms with van der Waals surface area (Å²) in [7, 11) is 0. The third-order valence-electron chi connectivity index (χ3n) is 2.86. The molecule has 0 aliphatic heterocycles. The summed E-state index contributed by atoms with van der Waals surface area (Å²) >= 11 is 0. The van der Waals surface area contributed by atoms with Crippen LogP contribution in [0.4, 0.5) is 0 Å². The first-order valence-electron chi connectivity index (χ1n) is 4.66. The molecule has 1 heteroatoms. The summed E-state index contributed by atoms with van der Waals surface area (Å²) in [6, 6.07) is 0. The Morgan fingerprint density at radius 2 is 1.58 bits per heavy atom. The molecule has 0 unspecified atom stereocenters. The van der Waals surface area contributed by atoms with Gasteiger partial charge in [-0.1, -0.05) is 40.7 Å². The van der Waals surface area contributed by atoms with E-state index in [-0.39, 0.29) is 0 Å². The standard InChI is InChI=1S/C11H23N/c1-7-8-12-9-11(5,6)10(2,3)4/h7-8,12H,9H2,1-6H3. The van der Waals surface area contributed by atoms with E-state index in [9.17, 15) is 0 Å². The normalized spacial score (nSPS) is 13.8. The second-order valence-electron chi connectivity index (χ2n) is 5.01. The van der Waals surface area contributed by atoms with Crippen LogP contribution >= 0.6 is 0 Å². The molecule has 0 heterocycles. The van der Waals surface area contributed by atoms with Gasteiger partial charge in [0.25, 0.3) is 0 Å². The zero-order valence-electron chi connectivity index (χ0n) is 9.36. The van der Waals surface area contributed by atoms with E-state index in [1.165, 1.54) is 0 Å². The molecule has 0 atom stereocenters. The lowest BCUT2D eigenvalue weighted by Crippen LogP contribution is -2.37. The molecule has 12 heavy (non-hydrogen) atoms. The number of rotatable bonds is 3. The van der Waals surface area contributed by atoms with Crippen molar-refractivity contribution in [2.45, 2.75) is 41.5 Å². The summed E-state index contributed by atoms with van der Waals surface area (Å²) in [5.41, 5.74) is 0.675. The smallest absolute Gasteiger partial charge is 0.0197 e. The van der Waals surface area contributed by atoms with Crippen molar-refractivity contribution in [3.8, 4) is 0 Å². The lowest BCUT2D eigenvalue weighted by atomic mass is 9.69. The predicted molar refractivity (Wildman–Crippen MR) is 56.1 cm³/mol. The fourth-order valence-corrected chi connectivity index (χ4v) is 0.697. The lowest BCUT2D eigenvalue weighted by Gasteiger charge is -2.38. The molecular formula is C11H23N. The molecule has 0 aliphatic carbocycles. The van der Waals surface area contributed by atoms with Gasteiger partial charge >= 0.3 is 0 Å². The van der Waals surface area contributed by atoms with Gasteiger partial charge in [0.2, 0.25) is 0 Å². The first kappa shape index (κ1) is 11.5. The molecule has 0 aromatic carbocycles. The van der Waals surface area contributed by atoms with Crippen molar-refractivity contribution >= 4 is 0 Å². The van der Waals surface area contributed by atoms with Crippen LogP contribution in [-0.4, -0.2) is 6.54 Å². The second-order valence-corrected chi connectivity index (χ2v) is 5.01. The maximum absolute atomic E-state index is 3.30. The van der Waals surface area contributed by atoms with E-state index in [4.69, 9.17) is 0 Å². The number of allylic oxidation sites excluding steroid dienone is 1. The summed E-state index contributed by atoms with van der Waals surface area (Å²) in [5, 5.41) is 3.30. The lowest BCUT2D eigenvalue weighted by molar-refractivity contribution is 0.134. The molecular weight excluding hydrogens is 146 g/mol. The largest absolute Gasteiger partial charge is 0.391 e. The zero-order valence-corrected chi connectivity index (χ0v) is 9.36. The van der Waals surface area contributed by atoms with Gasteiger partial charge in [0.05, 0.1) is 0 Å². The first-order valence-corrected chi connectivity index (χ1v) is 4.66. The van der Waals surface area contributed by atoms with Crippen molar-refractivity contribution in [1.82, 2.24) is 5.32 Å². The Labute approximate surface area is 77.2 Å². The van der Waals surface area contributed by atoms with Crippen LogP contribution in [0.2, 0.25) is 0 Å². The van der Waals surface area contributed by atoms with Crippen LogP contribution in [0, 0.1) is 10.8 Å². The van der Waals surface area contributed by atoms with Gasteiger partial charge in [0, 0.05) is 6.54 Å². The Bertz CT molecular complexity index is 149. The highest BCUT2D eigenvalue weighted by molar-refractivity contribution is 4.87. The molecule has 0 spiro atoms. The number of nitrogens with one attached hydrogen (secondary N) is 1. The maximum Gasteiger partial charge on any atom is 0.0197 e. The van der Waals surface area contributed by atoms with Crippen LogP contribution < -0.4 is 5.32 Å². The SMILES string of the molecule is CC=CNCC(C)(C)C(C)(C)C. The molecule has 0 amide bonds. The van der Waals surface area contributed by atoms with Crippen molar-refractivity contribution in [3.05, 3.63) is 12.3 Å². The molecule has 72 valence electrons. The topological polar surface area (TPSA) is 12.0 Å². The van der Waals surface area contributed by atoms with E-state index < -0.39 is 0 Å². The fraction of sp³-hybridized carbons (Fsp3) is 0.818. The quantitative estimate of drug-likeness (QED) is 0.684. The Kier molecular flexibility index (Phi) is 3.82. The third-order valence-corrected chi connectivity index (χ3v) is 2.86. The minimum atomic E-state index is 0.326.